The average Bonchev–Trinajstić information content (AvgIpc) is 3.10. The number of rotatable bonds is 7. The largest absolute Gasteiger partial charge is 0.304 e. The number of aromatic nitrogens is 2. The lowest BCUT2D eigenvalue weighted by atomic mass is 9.92. The molecule has 0 saturated heterocycles. The second kappa shape index (κ2) is 8.14. The standard InChI is InChI=1S/C21H27N3OS/c1-5-15(4)16-6-8-17(9-7-16)20(14(2)3)22-13-18-12-19(25)24-10-11-26-21(24)23-18/h6-12,14-15,20,22H,5,13H2,1-4H3/t15-,20+/m0/s1. The van der Waals surface area contributed by atoms with Crippen LogP contribution in [-0.4, -0.2) is 9.38 Å². The van der Waals surface area contributed by atoms with Gasteiger partial charge in [0.2, 0.25) is 0 Å². The van der Waals surface area contributed by atoms with Crippen molar-refractivity contribution in [2.45, 2.75) is 52.6 Å². The molecule has 0 fully saturated rings. The lowest BCUT2D eigenvalue weighted by molar-refractivity contribution is 0.408. The molecule has 1 aromatic carbocycles. The highest BCUT2D eigenvalue weighted by atomic mass is 32.1. The van der Waals surface area contributed by atoms with E-state index in [9.17, 15) is 4.79 Å². The zero-order chi connectivity index (χ0) is 18.7. The molecule has 3 aromatic rings. The van der Waals surface area contributed by atoms with E-state index in [1.165, 1.54) is 22.5 Å². The van der Waals surface area contributed by atoms with Crippen LogP contribution >= 0.6 is 11.3 Å². The quantitative estimate of drug-likeness (QED) is 0.653. The van der Waals surface area contributed by atoms with Gasteiger partial charge in [-0.2, -0.15) is 0 Å². The van der Waals surface area contributed by atoms with Crippen molar-refractivity contribution in [3.63, 3.8) is 0 Å². The van der Waals surface area contributed by atoms with Crippen molar-refractivity contribution in [2.24, 2.45) is 5.92 Å². The summed E-state index contributed by atoms with van der Waals surface area (Å²) in [6.07, 6.45) is 2.92. The Kier molecular flexibility index (Phi) is 5.89. The molecule has 4 nitrogen and oxygen atoms in total. The van der Waals surface area contributed by atoms with Crippen LogP contribution in [0.5, 0.6) is 0 Å². The molecule has 0 amide bonds. The molecule has 0 unspecified atom stereocenters. The van der Waals surface area contributed by atoms with E-state index in [1.54, 1.807) is 16.7 Å². The molecule has 0 saturated carbocycles. The molecular weight excluding hydrogens is 342 g/mol. The smallest absolute Gasteiger partial charge is 0.258 e. The van der Waals surface area contributed by atoms with Crippen LogP contribution in [0.4, 0.5) is 0 Å². The average molecular weight is 370 g/mol. The molecule has 2 aromatic heterocycles. The normalized spacial score (nSPS) is 14.0. The van der Waals surface area contributed by atoms with Gasteiger partial charge in [-0.15, -0.1) is 11.3 Å². The monoisotopic (exact) mass is 369 g/mol. The molecule has 0 bridgehead atoms. The Morgan fingerprint density at radius 2 is 1.85 bits per heavy atom. The van der Waals surface area contributed by atoms with Gasteiger partial charge in [0.1, 0.15) is 0 Å². The van der Waals surface area contributed by atoms with E-state index in [0.29, 0.717) is 18.4 Å². The first-order chi connectivity index (χ1) is 12.5. The van der Waals surface area contributed by atoms with Crippen molar-refractivity contribution in [2.75, 3.05) is 0 Å². The van der Waals surface area contributed by atoms with E-state index in [4.69, 9.17) is 0 Å². The van der Waals surface area contributed by atoms with Gasteiger partial charge in [-0.25, -0.2) is 4.98 Å². The molecule has 2 heterocycles. The van der Waals surface area contributed by atoms with E-state index >= 15 is 0 Å². The minimum Gasteiger partial charge on any atom is -0.304 e. The highest BCUT2D eigenvalue weighted by Gasteiger charge is 2.16. The van der Waals surface area contributed by atoms with E-state index in [-0.39, 0.29) is 11.6 Å². The van der Waals surface area contributed by atoms with Gasteiger partial charge in [-0.1, -0.05) is 52.0 Å². The number of fused-ring (bicyclic) bond motifs is 1. The Bertz CT molecular complexity index is 911. The number of nitrogens with zero attached hydrogens (tertiary/aromatic N) is 2. The predicted molar refractivity (Wildman–Crippen MR) is 109 cm³/mol. The van der Waals surface area contributed by atoms with Crippen molar-refractivity contribution in [1.82, 2.24) is 14.7 Å². The molecule has 138 valence electrons. The molecule has 0 radical (unpaired) electrons. The van der Waals surface area contributed by atoms with Crippen LogP contribution in [0.2, 0.25) is 0 Å². The topological polar surface area (TPSA) is 46.4 Å². The minimum atomic E-state index is -0.0212. The summed E-state index contributed by atoms with van der Waals surface area (Å²) in [5.41, 5.74) is 3.43. The Morgan fingerprint density at radius 1 is 1.15 bits per heavy atom. The van der Waals surface area contributed by atoms with Gasteiger partial charge in [0.05, 0.1) is 5.69 Å². The highest BCUT2D eigenvalue weighted by Crippen LogP contribution is 2.25. The third kappa shape index (κ3) is 4.05. The lowest BCUT2D eigenvalue weighted by Crippen LogP contribution is -2.27. The maximum atomic E-state index is 12.1. The third-order valence-electron chi connectivity index (χ3n) is 5.00. The minimum absolute atomic E-state index is 0.0212. The first kappa shape index (κ1) is 18.8. The van der Waals surface area contributed by atoms with Gasteiger partial charge in [-0.3, -0.25) is 9.20 Å². The lowest BCUT2D eigenvalue weighted by Gasteiger charge is -2.23. The number of hydrogen-bond acceptors (Lipinski definition) is 4. The first-order valence-electron chi connectivity index (χ1n) is 9.28. The maximum absolute atomic E-state index is 12.1. The van der Waals surface area contributed by atoms with Crippen molar-refractivity contribution >= 4 is 16.3 Å². The first-order valence-corrected chi connectivity index (χ1v) is 10.2. The van der Waals surface area contributed by atoms with Gasteiger partial charge in [0.25, 0.3) is 5.56 Å². The van der Waals surface area contributed by atoms with Gasteiger partial charge in [0.15, 0.2) is 4.96 Å². The van der Waals surface area contributed by atoms with Crippen LogP contribution in [0.15, 0.2) is 46.7 Å². The molecule has 0 aliphatic rings. The van der Waals surface area contributed by atoms with Crippen LogP contribution in [0.3, 0.4) is 0 Å². The molecule has 0 spiro atoms. The molecule has 0 aliphatic carbocycles. The number of benzene rings is 1. The van der Waals surface area contributed by atoms with Crippen molar-refractivity contribution in [3.05, 3.63) is 69.1 Å². The number of hydrogen-bond donors (Lipinski definition) is 1. The Balaban J connectivity index is 1.76. The van der Waals surface area contributed by atoms with E-state index in [0.717, 1.165) is 17.1 Å². The van der Waals surface area contributed by atoms with Gasteiger partial charge in [-0.05, 0) is 29.4 Å². The molecule has 3 rings (SSSR count). The van der Waals surface area contributed by atoms with Crippen LogP contribution in [0.1, 0.15) is 62.9 Å². The molecule has 26 heavy (non-hydrogen) atoms. The Hall–Kier alpha value is -1.98. The molecule has 5 heteroatoms. The zero-order valence-corrected chi connectivity index (χ0v) is 16.7. The summed E-state index contributed by atoms with van der Waals surface area (Å²) < 4.78 is 1.59. The van der Waals surface area contributed by atoms with E-state index in [1.807, 2.05) is 5.38 Å². The summed E-state index contributed by atoms with van der Waals surface area (Å²) in [4.78, 5) is 17.5. The Labute approximate surface area is 158 Å². The molecule has 2 atom stereocenters. The highest BCUT2D eigenvalue weighted by molar-refractivity contribution is 7.15. The summed E-state index contributed by atoms with van der Waals surface area (Å²) >= 11 is 1.48. The predicted octanol–water partition coefficient (Wildman–Crippen LogP) is 4.76. The summed E-state index contributed by atoms with van der Waals surface area (Å²) in [5, 5.41) is 5.48. The second-order valence-corrected chi connectivity index (χ2v) is 8.09. The van der Waals surface area contributed by atoms with Gasteiger partial charge < -0.3 is 5.32 Å². The zero-order valence-electron chi connectivity index (χ0n) is 15.9. The van der Waals surface area contributed by atoms with E-state index in [2.05, 4.69) is 62.3 Å². The number of nitrogens with one attached hydrogen (secondary N) is 1. The number of thiazole rings is 1. The van der Waals surface area contributed by atoms with E-state index < -0.39 is 0 Å². The summed E-state index contributed by atoms with van der Waals surface area (Å²) in [5.74, 6) is 1.03. The third-order valence-corrected chi connectivity index (χ3v) is 5.76. The van der Waals surface area contributed by atoms with Crippen molar-refractivity contribution in [1.29, 1.82) is 0 Å². The maximum Gasteiger partial charge on any atom is 0.258 e. The van der Waals surface area contributed by atoms with Gasteiger partial charge in [0, 0.05) is 30.2 Å². The van der Waals surface area contributed by atoms with Gasteiger partial charge >= 0.3 is 0 Å². The second-order valence-electron chi connectivity index (χ2n) is 7.22. The van der Waals surface area contributed by atoms with Crippen LogP contribution in [-0.2, 0) is 6.54 Å². The van der Waals surface area contributed by atoms with Crippen molar-refractivity contribution < 1.29 is 0 Å². The van der Waals surface area contributed by atoms with Crippen LogP contribution in [0.25, 0.3) is 4.96 Å². The van der Waals surface area contributed by atoms with Crippen LogP contribution < -0.4 is 10.9 Å². The SMILES string of the molecule is CC[C@H](C)c1ccc([C@H](NCc2cc(=O)n3ccsc3n2)C(C)C)cc1. The van der Waals surface area contributed by atoms with Crippen LogP contribution in [0, 0.1) is 5.92 Å². The van der Waals surface area contributed by atoms with Crippen molar-refractivity contribution in [3.8, 4) is 0 Å². The summed E-state index contributed by atoms with van der Waals surface area (Å²) in [6, 6.07) is 10.8. The summed E-state index contributed by atoms with van der Waals surface area (Å²) in [6.45, 7) is 9.49. The fraction of sp³-hybridized carbons (Fsp3) is 0.429. The molecule has 1 N–H and O–H groups in total. The summed E-state index contributed by atoms with van der Waals surface area (Å²) in [7, 11) is 0. The molecule has 0 aliphatic heterocycles. The molecular formula is C21H27N3OS. The fourth-order valence-corrected chi connectivity index (χ4v) is 3.94. The fourth-order valence-electron chi connectivity index (χ4n) is 3.20. The Morgan fingerprint density at radius 3 is 2.50 bits per heavy atom.